The van der Waals surface area contributed by atoms with Crippen LogP contribution < -0.4 is 5.32 Å². The molecule has 0 saturated carbocycles. The van der Waals surface area contributed by atoms with Crippen LogP contribution in [0.4, 0.5) is 0 Å². The average Bonchev–Trinajstić information content (AvgIpc) is 3.29. The van der Waals surface area contributed by atoms with E-state index in [2.05, 4.69) is 43.5 Å². The van der Waals surface area contributed by atoms with Gasteiger partial charge in [0.15, 0.2) is 0 Å². The van der Waals surface area contributed by atoms with Crippen molar-refractivity contribution in [3.05, 3.63) is 24.3 Å². The predicted molar refractivity (Wildman–Crippen MR) is 278 cm³/mol. The Kier molecular flexibility index (Phi) is 52.6. The molecule has 0 heterocycles. The summed E-state index contributed by atoms with van der Waals surface area (Å²) in [5.41, 5.74) is 0. The maximum absolute atomic E-state index is 12.5. The molecule has 0 saturated heterocycles. The van der Waals surface area contributed by atoms with E-state index in [1.165, 1.54) is 205 Å². The summed E-state index contributed by atoms with van der Waals surface area (Å²) in [5.74, 6) is -0.0876. The second kappa shape index (κ2) is 54.0. The van der Waals surface area contributed by atoms with Crippen molar-refractivity contribution < 1.29 is 24.5 Å². The molecule has 0 fully saturated rings. The number of carbonyl (C=O) groups excluding carboxylic acids is 2. The molecular weight excluding hydrogens is 791 g/mol. The third-order valence-corrected chi connectivity index (χ3v) is 13.3. The lowest BCUT2D eigenvalue weighted by Crippen LogP contribution is -2.45. The molecule has 2 unspecified atom stereocenters. The molecule has 0 aromatic carbocycles. The SMILES string of the molecule is CCCCCC/C=C\C/C=C\CCCCCCCC(=O)OCCCCCCCCCCCCC(=O)NC(CO)C(O)CCCCCCCCCCCCCCCCCCCCCCC. The van der Waals surface area contributed by atoms with Crippen LogP contribution in [0.2, 0.25) is 0 Å². The fourth-order valence-electron chi connectivity index (χ4n) is 8.85. The summed E-state index contributed by atoms with van der Waals surface area (Å²) in [6, 6.07) is -0.560. The number of aliphatic hydroxyl groups is 2. The Morgan fingerprint density at radius 3 is 1.20 bits per heavy atom. The number of ether oxygens (including phenoxy) is 1. The molecule has 1 amide bonds. The van der Waals surface area contributed by atoms with Gasteiger partial charge in [0.25, 0.3) is 0 Å². The van der Waals surface area contributed by atoms with Crippen LogP contribution in [0.25, 0.3) is 0 Å². The number of nitrogens with one attached hydrogen (secondary N) is 1. The largest absolute Gasteiger partial charge is 0.466 e. The Hall–Kier alpha value is -1.66. The third-order valence-electron chi connectivity index (χ3n) is 13.3. The third kappa shape index (κ3) is 49.8. The highest BCUT2D eigenvalue weighted by Gasteiger charge is 2.20. The first-order valence-electron chi connectivity index (χ1n) is 28.6. The Morgan fingerprint density at radius 2 is 0.781 bits per heavy atom. The molecule has 0 aliphatic carbocycles. The molecule has 0 aliphatic rings. The zero-order valence-corrected chi connectivity index (χ0v) is 43.0. The van der Waals surface area contributed by atoms with E-state index in [-0.39, 0.29) is 18.5 Å². The summed E-state index contributed by atoms with van der Waals surface area (Å²) in [4.78, 5) is 24.6. The lowest BCUT2D eigenvalue weighted by atomic mass is 10.0. The van der Waals surface area contributed by atoms with Gasteiger partial charge >= 0.3 is 5.97 Å². The van der Waals surface area contributed by atoms with Crippen LogP contribution in [0.5, 0.6) is 0 Å². The summed E-state index contributed by atoms with van der Waals surface area (Å²) < 4.78 is 5.46. The van der Waals surface area contributed by atoms with E-state index in [1.54, 1.807) is 0 Å². The van der Waals surface area contributed by atoms with Crippen molar-refractivity contribution in [3.63, 3.8) is 0 Å². The maximum atomic E-state index is 12.5. The highest BCUT2D eigenvalue weighted by Crippen LogP contribution is 2.17. The smallest absolute Gasteiger partial charge is 0.305 e. The van der Waals surface area contributed by atoms with Crippen molar-refractivity contribution in [2.75, 3.05) is 13.2 Å². The molecule has 0 aromatic rings. The van der Waals surface area contributed by atoms with Gasteiger partial charge in [-0.1, -0.05) is 263 Å². The van der Waals surface area contributed by atoms with Crippen LogP contribution >= 0.6 is 0 Å². The van der Waals surface area contributed by atoms with Gasteiger partial charge in [0.05, 0.1) is 25.4 Å². The monoisotopic (exact) mass is 902 g/mol. The molecule has 0 aliphatic heterocycles. The van der Waals surface area contributed by atoms with Crippen molar-refractivity contribution in [2.24, 2.45) is 0 Å². The summed E-state index contributed by atoms with van der Waals surface area (Å²) in [6.07, 6.45) is 64.4. The van der Waals surface area contributed by atoms with E-state index in [9.17, 15) is 19.8 Å². The Balaban J connectivity index is 3.48. The van der Waals surface area contributed by atoms with E-state index in [0.717, 1.165) is 70.6 Å². The summed E-state index contributed by atoms with van der Waals surface area (Å²) in [7, 11) is 0. The molecule has 6 nitrogen and oxygen atoms in total. The Labute approximate surface area is 399 Å². The quantitative estimate of drug-likeness (QED) is 0.0321. The molecule has 378 valence electrons. The van der Waals surface area contributed by atoms with Crippen molar-refractivity contribution in [1.82, 2.24) is 5.32 Å². The number of rotatable bonds is 53. The number of esters is 1. The van der Waals surface area contributed by atoms with Gasteiger partial charge in [0, 0.05) is 12.8 Å². The highest BCUT2D eigenvalue weighted by molar-refractivity contribution is 5.76. The van der Waals surface area contributed by atoms with Gasteiger partial charge < -0.3 is 20.3 Å². The van der Waals surface area contributed by atoms with Crippen LogP contribution in [0, 0.1) is 0 Å². The Morgan fingerprint density at radius 1 is 0.438 bits per heavy atom. The standard InChI is InChI=1S/C58H111NO5/c1-3-5-7-9-11-13-15-17-19-21-22-23-24-25-26-28-30-34-38-42-46-50-56(61)55(54-60)59-57(62)51-47-43-39-35-32-33-37-41-45-49-53-64-58(63)52-48-44-40-36-31-29-27-20-18-16-14-12-10-8-6-4-2/h14,16,20,27,55-56,60-61H,3-13,15,17-19,21-26,28-54H2,1-2H3,(H,59,62)/b16-14-,27-20-. The predicted octanol–water partition coefficient (Wildman–Crippen LogP) is 17.5. The number of carbonyl (C=O) groups is 2. The van der Waals surface area contributed by atoms with E-state index in [4.69, 9.17) is 4.74 Å². The van der Waals surface area contributed by atoms with E-state index < -0.39 is 12.1 Å². The van der Waals surface area contributed by atoms with Crippen molar-refractivity contribution in [1.29, 1.82) is 0 Å². The lowest BCUT2D eigenvalue weighted by Gasteiger charge is -2.22. The highest BCUT2D eigenvalue weighted by atomic mass is 16.5. The molecule has 0 spiro atoms. The fraction of sp³-hybridized carbons (Fsp3) is 0.897. The van der Waals surface area contributed by atoms with Gasteiger partial charge in [-0.25, -0.2) is 0 Å². The number of allylic oxidation sites excluding steroid dienone is 4. The number of aliphatic hydroxyl groups excluding tert-OH is 2. The number of hydrogen-bond donors (Lipinski definition) is 3. The van der Waals surface area contributed by atoms with Crippen LogP contribution in [0.15, 0.2) is 24.3 Å². The molecule has 0 radical (unpaired) electrons. The molecule has 6 heteroatoms. The van der Waals surface area contributed by atoms with Crippen LogP contribution in [-0.4, -0.2) is 47.4 Å². The molecule has 64 heavy (non-hydrogen) atoms. The topological polar surface area (TPSA) is 95.9 Å². The molecule has 0 bridgehead atoms. The van der Waals surface area contributed by atoms with E-state index >= 15 is 0 Å². The minimum atomic E-state index is -0.681. The zero-order chi connectivity index (χ0) is 46.5. The summed E-state index contributed by atoms with van der Waals surface area (Å²) in [6.45, 7) is 4.89. The van der Waals surface area contributed by atoms with Crippen molar-refractivity contribution in [2.45, 2.75) is 321 Å². The van der Waals surface area contributed by atoms with Crippen LogP contribution in [0.3, 0.4) is 0 Å². The second-order valence-electron chi connectivity index (χ2n) is 19.6. The minimum absolute atomic E-state index is 0.0314. The average molecular weight is 903 g/mol. The molecule has 2 atom stereocenters. The van der Waals surface area contributed by atoms with Crippen molar-refractivity contribution in [3.8, 4) is 0 Å². The molecule has 0 aromatic heterocycles. The molecular formula is C58H111NO5. The van der Waals surface area contributed by atoms with Gasteiger partial charge in [-0.05, 0) is 57.8 Å². The Bertz CT molecular complexity index is 997. The van der Waals surface area contributed by atoms with Crippen molar-refractivity contribution >= 4 is 11.9 Å². The number of unbranched alkanes of at least 4 members (excludes halogenated alkanes) is 38. The van der Waals surface area contributed by atoms with Gasteiger partial charge in [-0.3, -0.25) is 9.59 Å². The van der Waals surface area contributed by atoms with Gasteiger partial charge in [0.1, 0.15) is 0 Å². The first kappa shape index (κ1) is 62.3. The van der Waals surface area contributed by atoms with Gasteiger partial charge in [0.2, 0.25) is 5.91 Å². The van der Waals surface area contributed by atoms with Crippen LogP contribution in [-0.2, 0) is 14.3 Å². The van der Waals surface area contributed by atoms with E-state index in [1.807, 2.05) is 0 Å². The maximum Gasteiger partial charge on any atom is 0.305 e. The summed E-state index contributed by atoms with van der Waals surface area (Å²) in [5, 5.41) is 23.3. The molecule has 0 rings (SSSR count). The number of hydrogen-bond acceptors (Lipinski definition) is 5. The van der Waals surface area contributed by atoms with E-state index in [0.29, 0.717) is 25.9 Å². The second-order valence-corrected chi connectivity index (χ2v) is 19.6. The first-order chi connectivity index (χ1) is 31.5. The van der Waals surface area contributed by atoms with Gasteiger partial charge in [-0.15, -0.1) is 0 Å². The molecule has 3 N–H and O–H groups in total. The zero-order valence-electron chi connectivity index (χ0n) is 43.0. The minimum Gasteiger partial charge on any atom is -0.466 e. The van der Waals surface area contributed by atoms with Gasteiger partial charge in [-0.2, -0.15) is 0 Å². The lowest BCUT2D eigenvalue weighted by molar-refractivity contribution is -0.143. The summed E-state index contributed by atoms with van der Waals surface area (Å²) >= 11 is 0. The van der Waals surface area contributed by atoms with Crippen LogP contribution in [0.1, 0.15) is 309 Å². The normalized spacial score (nSPS) is 12.8. The fourth-order valence-corrected chi connectivity index (χ4v) is 8.85. The number of amides is 1. The first-order valence-corrected chi connectivity index (χ1v) is 28.6.